The molecule has 2 fully saturated rings. The summed E-state index contributed by atoms with van der Waals surface area (Å²) in [6.45, 7) is 4.98. The lowest BCUT2D eigenvalue weighted by Gasteiger charge is -2.22. The Morgan fingerprint density at radius 2 is 2.12 bits per heavy atom. The Morgan fingerprint density at radius 3 is 2.69 bits per heavy atom. The van der Waals surface area contributed by atoms with Crippen LogP contribution >= 0.6 is 0 Å². The first-order valence-corrected chi connectivity index (χ1v) is 6.78. The van der Waals surface area contributed by atoms with Crippen molar-refractivity contribution in [3.8, 4) is 0 Å². The van der Waals surface area contributed by atoms with Gasteiger partial charge in [-0.05, 0) is 64.7 Å². The molecule has 2 aliphatic rings. The number of hydrogen-bond acceptors (Lipinski definition) is 3. The SMILES string of the molecule is CN1CCC(CN(C)CCC(N)C2CC2)C1. The standard InChI is InChI=1S/C13H27N3/c1-15-7-5-11(9-15)10-16(2)8-6-13(14)12-3-4-12/h11-13H,3-10,14H2,1-2H3. The van der Waals surface area contributed by atoms with Crippen molar-refractivity contribution in [1.29, 1.82) is 0 Å². The lowest BCUT2D eigenvalue weighted by atomic mass is 10.1. The Kier molecular flexibility index (Phi) is 4.22. The van der Waals surface area contributed by atoms with Gasteiger partial charge in [0.2, 0.25) is 0 Å². The Hall–Kier alpha value is -0.120. The van der Waals surface area contributed by atoms with Crippen LogP contribution in [0.5, 0.6) is 0 Å². The molecule has 0 amide bonds. The van der Waals surface area contributed by atoms with Gasteiger partial charge < -0.3 is 15.5 Å². The average molecular weight is 225 g/mol. The Bertz CT molecular complexity index is 215. The molecule has 1 aliphatic carbocycles. The average Bonchev–Trinajstić information content (AvgIpc) is 3.01. The van der Waals surface area contributed by atoms with E-state index in [0.29, 0.717) is 6.04 Å². The van der Waals surface area contributed by atoms with Crippen molar-refractivity contribution >= 4 is 0 Å². The zero-order valence-corrected chi connectivity index (χ0v) is 10.9. The number of rotatable bonds is 6. The van der Waals surface area contributed by atoms with E-state index in [0.717, 1.165) is 11.8 Å². The van der Waals surface area contributed by atoms with Gasteiger partial charge in [0.05, 0.1) is 0 Å². The number of likely N-dealkylation sites (tertiary alicyclic amines) is 1. The first-order valence-electron chi connectivity index (χ1n) is 6.78. The van der Waals surface area contributed by atoms with E-state index in [1.807, 2.05) is 0 Å². The summed E-state index contributed by atoms with van der Waals surface area (Å²) in [6.07, 6.45) is 5.30. The van der Waals surface area contributed by atoms with Gasteiger partial charge in [0.25, 0.3) is 0 Å². The Balaban J connectivity index is 1.58. The molecule has 2 rings (SSSR count). The second-order valence-corrected chi connectivity index (χ2v) is 5.97. The van der Waals surface area contributed by atoms with Gasteiger partial charge in [0.1, 0.15) is 0 Å². The second-order valence-electron chi connectivity index (χ2n) is 5.97. The fourth-order valence-corrected chi connectivity index (χ4v) is 2.84. The molecule has 94 valence electrons. The zero-order chi connectivity index (χ0) is 11.5. The largest absolute Gasteiger partial charge is 0.327 e. The normalized spacial score (nSPS) is 28.9. The molecule has 2 N–H and O–H groups in total. The van der Waals surface area contributed by atoms with Gasteiger partial charge in [0, 0.05) is 19.1 Å². The van der Waals surface area contributed by atoms with Crippen LogP contribution in [0.4, 0.5) is 0 Å². The van der Waals surface area contributed by atoms with E-state index < -0.39 is 0 Å². The van der Waals surface area contributed by atoms with Crippen LogP contribution in [-0.2, 0) is 0 Å². The third-order valence-corrected chi connectivity index (χ3v) is 4.13. The van der Waals surface area contributed by atoms with Crippen molar-refractivity contribution in [3.05, 3.63) is 0 Å². The van der Waals surface area contributed by atoms with E-state index >= 15 is 0 Å². The summed E-state index contributed by atoms with van der Waals surface area (Å²) in [7, 11) is 4.47. The van der Waals surface area contributed by atoms with Crippen LogP contribution in [0.25, 0.3) is 0 Å². The van der Waals surface area contributed by atoms with Crippen LogP contribution in [0, 0.1) is 11.8 Å². The molecule has 1 heterocycles. The highest BCUT2D eigenvalue weighted by Crippen LogP contribution is 2.32. The van der Waals surface area contributed by atoms with Gasteiger partial charge in [-0.1, -0.05) is 0 Å². The lowest BCUT2D eigenvalue weighted by Crippen LogP contribution is -2.33. The summed E-state index contributed by atoms with van der Waals surface area (Å²) in [4.78, 5) is 4.92. The van der Waals surface area contributed by atoms with Gasteiger partial charge in [-0.25, -0.2) is 0 Å². The molecule has 0 spiro atoms. The zero-order valence-electron chi connectivity index (χ0n) is 10.9. The highest BCUT2D eigenvalue weighted by atomic mass is 15.1. The Morgan fingerprint density at radius 1 is 1.38 bits per heavy atom. The Labute approximate surface area is 100.0 Å². The van der Waals surface area contributed by atoms with Crippen molar-refractivity contribution in [2.45, 2.75) is 31.7 Å². The van der Waals surface area contributed by atoms with Gasteiger partial charge in [0.15, 0.2) is 0 Å². The van der Waals surface area contributed by atoms with Crippen LogP contribution in [0.3, 0.4) is 0 Å². The minimum Gasteiger partial charge on any atom is -0.327 e. The summed E-state index contributed by atoms with van der Waals surface area (Å²) in [5, 5.41) is 0. The predicted molar refractivity (Wildman–Crippen MR) is 68.4 cm³/mol. The maximum atomic E-state index is 6.12. The van der Waals surface area contributed by atoms with Crippen LogP contribution in [-0.4, -0.2) is 56.1 Å². The first kappa shape index (κ1) is 12.3. The number of hydrogen-bond donors (Lipinski definition) is 1. The number of nitrogens with two attached hydrogens (primary N) is 1. The van der Waals surface area contributed by atoms with E-state index in [-0.39, 0.29) is 0 Å². The molecule has 0 radical (unpaired) electrons. The molecule has 1 saturated heterocycles. The molecule has 0 aromatic heterocycles. The second kappa shape index (κ2) is 5.48. The van der Waals surface area contributed by atoms with E-state index in [1.165, 1.54) is 51.9 Å². The summed E-state index contributed by atoms with van der Waals surface area (Å²) >= 11 is 0. The molecule has 3 nitrogen and oxygen atoms in total. The third-order valence-electron chi connectivity index (χ3n) is 4.13. The summed E-state index contributed by atoms with van der Waals surface area (Å²) in [6, 6.07) is 0.466. The van der Waals surface area contributed by atoms with Crippen molar-refractivity contribution in [1.82, 2.24) is 9.80 Å². The van der Waals surface area contributed by atoms with E-state index in [2.05, 4.69) is 23.9 Å². The van der Waals surface area contributed by atoms with Crippen molar-refractivity contribution in [2.24, 2.45) is 17.6 Å². The molecule has 3 heteroatoms. The molecule has 16 heavy (non-hydrogen) atoms. The van der Waals surface area contributed by atoms with Crippen LogP contribution in [0.2, 0.25) is 0 Å². The quantitative estimate of drug-likeness (QED) is 0.732. The summed E-state index contributed by atoms with van der Waals surface area (Å²) in [5.41, 5.74) is 6.12. The van der Waals surface area contributed by atoms with E-state index in [9.17, 15) is 0 Å². The molecular formula is C13H27N3. The minimum absolute atomic E-state index is 0.466. The molecule has 2 unspecified atom stereocenters. The minimum atomic E-state index is 0.466. The number of nitrogens with zero attached hydrogens (tertiary/aromatic N) is 2. The maximum absolute atomic E-state index is 6.12. The highest BCUT2D eigenvalue weighted by Gasteiger charge is 2.28. The fraction of sp³-hybridized carbons (Fsp3) is 1.00. The molecule has 0 aromatic carbocycles. The predicted octanol–water partition coefficient (Wildman–Crippen LogP) is 0.997. The van der Waals surface area contributed by atoms with Crippen molar-refractivity contribution in [3.63, 3.8) is 0 Å². The van der Waals surface area contributed by atoms with Crippen molar-refractivity contribution in [2.75, 3.05) is 40.3 Å². The van der Waals surface area contributed by atoms with E-state index in [1.54, 1.807) is 0 Å². The summed E-state index contributed by atoms with van der Waals surface area (Å²) < 4.78 is 0. The van der Waals surface area contributed by atoms with Crippen LogP contribution in [0.15, 0.2) is 0 Å². The van der Waals surface area contributed by atoms with Crippen LogP contribution < -0.4 is 5.73 Å². The molecular weight excluding hydrogens is 198 g/mol. The topological polar surface area (TPSA) is 32.5 Å². The molecule has 2 atom stereocenters. The van der Waals surface area contributed by atoms with Gasteiger partial charge in [-0.15, -0.1) is 0 Å². The maximum Gasteiger partial charge on any atom is 0.00793 e. The van der Waals surface area contributed by atoms with Gasteiger partial charge >= 0.3 is 0 Å². The van der Waals surface area contributed by atoms with Crippen LogP contribution in [0.1, 0.15) is 25.7 Å². The van der Waals surface area contributed by atoms with Gasteiger partial charge in [-0.3, -0.25) is 0 Å². The highest BCUT2D eigenvalue weighted by molar-refractivity contribution is 4.84. The summed E-state index contributed by atoms with van der Waals surface area (Å²) in [5.74, 6) is 1.73. The first-order chi connectivity index (χ1) is 7.65. The molecule has 1 saturated carbocycles. The fourth-order valence-electron chi connectivity index (χ4n) is 2.84. The smallest absolute Gasteiger partial charge is 0.00793 e. The molecule has 0 aromatic rings. The lowest BCUT2D eigenvalue weighted by molar-refractivity contribution is 0.262. The molecule has 0 bridgehead atoms. The van der Waals surface area contributed by atoms with E-state index in [4.69, 9.17) is 5.73 Å². The van der Waals surface area contributed by atoms with Crippen molar-refractivity contribution < 1.29 is 0 Å². The van der Waals surface area contributed by atoms with Gasteiger partial charge in [-0.2, -0.15) is 0 Å². The monoisotopic (exact) mass is 225 g/mol. The molecule has 1 aliphatic heterocycles. The third kappa shape index (κ3) is 3.72.